The second kappa shape index (κ2) is 11.8. The quantitative estimate of drug-likeness (QED) is 0.179. The van der Waals surface area contributed by atoms with Crippen LogP contribution in [0.25, 0.3) is 33.5 Å². The van der Waals surface area contributed by atoms with E-state index in [0.29, 0.717) is 22.9 Å². The van der Waals surface area contributed by atoms with Gasteiger partial charge in [-0.3, -0.25) is 4.55 Å². The summed E-state index contributed by atoms with van der Waals surface area (Å²) in [6, 6.07) is 26.3. The van der Waals surface area contributed by atoms with Crippen LogP contribution in [0.3, 0.4) is 0 Å². The van der Waals surface area contributed by atoms with E-state index in [4.69, 9.17) is 26.1 Å². The molecule has 1 saturated carbocycles. The molecular weight excluding hydrogens is 572 g/mol. The van der Waals surface area contributed by atoms with Gasteiger partial charge in [-0.2, -0.15) is 8.42 Å². The molecule has 0 radical (unpaired) electrons. The molecule has 0 spiro atoms. The van der Waals surface area contributed by atoms with Crippen molar-refractivity contribution in [3.05, 3.63) is 95.5 Å². The minimum Gasteiger partial charge on any atom is -0.497 e. The number of halogens is 1. The first-order valence-corrected chi connectivity index (χ1v) is 15.8. The standard InChI is InChI=1S/C33H31ClN2O5S/c1-40-28-15-17-30(22-7-11-25(34)12-8-22)24(19-28)21-41-27-13-9-23(10-14-27)33-35-31-20-29(42(37,38)39)16-18-32(31)36(33)26-5-3-2-4-6-26/h7-20,26H,2-6,21H2,1H3,(H,37,38,39). The predicted octanol–water partition coefficient (Wildman–Crippen LogP) is 8.36. The molecule has 216 valence electrons. The van der Waals surface area contributed by atoms with Gasteiger partial charge in [-0.15, -0.1) is 0 Å². The molecule has 1 aliphatic rings. The second-order valence-corrected chi connectivity index (χ2v) is 12.4. The molecule has 0 atom stereocenters. The Morgan fingerprint density at radius 3 is 2.26 bits per heavy atom. The zero-order valence-corrected chi connectivity index (χ0v) is 24.7. The van der Waals surface area contributed by atoms with E-state index in [9.17, 15) is 13.0 Å². The Morgan fingerprint density at radius 1 is 0.881 bits per heavy atom. The summed E-state index contributed by atoms with van der Waals surface area (Å²) >= 11 is 6.10. The van der Waals surface area contributed by atoms with Crippen molar-refractivity contribution in [1.29, 1.82) is 0 Å². The van der Waals surface area contributed by atoms with Gasteiger partial charge in [0.2, 0.25) is 0 Å². The van der Waals surface area contributed by atoms with Crippen molar-refractivity contribution in [2.45, 2.75) is 49.6 Å². The minimum absolute atomic E-state index is 0.158. The van der Waals surface area contributed by atoms with Crippen LogP contribution in [0.4, 0.5) is 0 Å². The molecule has 5 aromatic rings. The van der Waals surface area contributed by atoms with Gasteiger partial charge in [0.25, 0.3) is 10.1 Å². The van der Waals surface area contributed by atoms with Crippen LogP contribution in [0.2, 0.25) is 5.02 Å². The van der Waals surface area contributed by atoms with Gasteiger partial charge >= 0.3 is 0 Å². The van der Waals surface area contributed by atoms with Crippen molar-refractivity contribution >= 4 is 32.8 Å². The Kier molecular flexibility index (Phi) is 7.94. The average Bonchev–Trinajstić information content (AvgIpc) is 3.39. The summed E-state index contributed by atoms with van der Waals surface area (Å²) in [7, 11) is -2.69. The lowest BCUT2D eigenvalue weighted by molar-refractivity contribution is 0.306. The Hall–Kier alpha value is -3.85. The van der Waals surface area contributed by atoms with Crippen molar-refractivity contribution in [2.75, 3.05) is 7.11 Å². The van der Waals surface area contributed by atoms with Gasteiger partial charge in [0.15, 0.2) is 0 Å². The lowest BCUT2D eigenvalue weighted by atomic mass is 9.95. The van der Waals surface area contributed by atoms with Gasteiger partial charge in [-0.25, -0.2) is 4.98 Å². The number of ether oxygens (including phenoxy) is 2. The van der Waals surface area contributed by atoms with Crippen molar-refractivity contribution < 1.29 is 22.4 Å². The Morgan fingerprint density at radius 2 is 1.57 bits per heavy atom. The highest BCUT2D eigenvalue weighted by molar-refractivity contribution is 7.85. The average molecular weight is 603 g/mol. The third-order valence-electron chi connectivity index (χ3n) is 7.87. The monoisotopic (exact) mass is 602 g/mol. The first-order chi connectivity index (χ1) is 20.3. The maximum absolute atomic E-state index is 11.8. The van der Waals surface area contributed by atoms with Crippen molar-refractivity contribution in [3.8, 4) is 34.0 Å². The van der Waals surface area contributed by atoms with Crippen molar-refractivity contribution in [1.82, 2.24) is 9.55 Å². The third-order valence-corrected chi connectivity index (χ3v) is 8.97. The molecule has 0 aliphatic heterocycles. The first kappa shape index (κ1) is 28.3. The number of benzene rings is 4. The molecule has 4 aromatic carbocycles. The van der Waals surface area contributed by atoms with Crippen LogP contribution < -0.4 is 9.47 Å². The lowest BCUT2D eigenvalue weighted by Crippen LogP contribution is -2.14. The Balaban J connectivity index is 1.30. The van der Waals surface area contributed by atoms with E-state index in [1.807, 2.05) is 66.7 Å². The normalized spacial score (nSPS) is 14.3. The number of fused-ring (bicyclic) bond motifs is 1. The molecule has 1 N–H and O–H groups in total. The molecule has 1 aliphatic carbocycles. The zero-order chi connectivity index (χ0) is 29.3. The highest BCUT2D eigenvalue weighted by Crippen LogP contribution is 2.37. The summed E-state index contributed by atoms with van der Waals surface area (Å²) in [5.41, 5.74) is 5.36. The predicted molar refractivity (Wildman–Crippen MR) is 165 cm³/mol. The molecule has 7 nitrogen and oxygen atoms in total. The summed E-state index contributed by atoms with van der Waals surface area (Å²) < 4.78 is 47.1. The number of hydrogen-bond donors (Lipinski definition) is 1. The summed E-state index contributed by atoms with van der Waals surface area (Å²) in [6.45, 7) is 0.341. The lowest BCUT2D eigenvalue weighted by Gasteiger charge is -2.25. The van der Waals surface area contributed by atoms with E-state index >= 15 is 0 Å². The number of methoxy groups -OCH3 is 1. The van der Waals surface area contributed by atoms with Crippen LogP contribution in [0.5, 0.6) is 11.5 Å². The van der Waals surface area contributed by atoms with Gasteiger partial charge in [0.05, 0.1) is 23.0 Å². The number of rotatable bonds is 8. The van der Waals surface area contributed by atoms with Gasteiger partial charge in [0.1, 0.15) is 23.9 Å². The number of aromatic nitrogens is 2. The van der Waals surface area contributed by atoms with E-state index in [1.165, 1.54) is 18.6 Å². The molecule has 6 rings (SSSR count). The highest BCUT2D eigenvalue weighted by Gasteiger charge is 2.23. The summed E-state index contributed by atoms with van der Waals surface area (Å²) in [5.74, 6) is 2.23. The Bertz CT molecular complexity index is 1830. The second-order valence-electron chi connectivity index (χ2n) is 10.6. The van der Waals surface area contributed by atoms with Crippen LogP contribution in [0, 0.1) is 0 Å². The third kappa shape index (κ3) is 5.88. The van der Waals surface area contributed by atoms with E-state index in [1.54, 1.807) is 13.2 Å². The molecule has 0 amide bonds. The SMILES string of the molecule is COc1ccc(-c2ccc(Cl)cc2)c(COc2ccc(-c3nc4cc(S(=O)(=O)O)ccc4n3C3CCCCC3)cc2)c1. The van der Waals surface area contributed by atoms with Gasteiger partial charge in [0, 0.05) is 22.2 Å². The van der Waals surface area contributed by atoms with E-state index in [-0.39, 0.29) is 10.9 Å². The van der Waals surface area contributed by atoms with Crippen molar-refractivity contribution in [2.24, 2.45) is 0 Å². The molecule has 0 bridgehead atoms. The van der Waals surface area contributed by atoms with Crippen LogP contribution in [-0.2, 0) is 16.7 Å². The van der Waals surface area contributed by atoms with Crippen LogP contribution in [-0.4, -0.2) is 29.6 Å². The summed E-state index contributed by atoms with van der Waals surface area (Å²) in [4.78, 5) is 4.69. The number of nitrogens with zero attached hydrogens (tertiary/aromatic N) is 2. The molecule has 1 heterocycles. The molecule has 0 saturated heterocycles. The summed E-state index contributed by atoms with van der Waals surface area (Å²) in [5, 5.41) is 0.682. The van der Waals surface area contributed by atoms with E-state index in [0.717, 1.165) is 65.0 Å². The fourth-order valence-electron chi connectivity index (χ4n) is 5.74. The first-order valence-electron chi connectivity index (χ1n) is 14.0. The van der Waals surface area contributed by atoms with Gasteiger partial charge < -0.3 is 14.0 Å². The topological polar surface area (TPSA) is 90.7 Å². The highest BCUT2D eigenvalue weighted by atomic mass is 35.5. The minimum atomic E-state index is -4.33. The van der Waals surface area contributed by atoms with Crippen molar-refractivity contribution in [3.63, 3.8) is 0 Å². The molecule has 1 aromatic heterocycles. The maximum atomic E-state index is 11.8. The molecule has 0 unspecified atom stereocenters. The molecule has 9 heteroatoms. The number of hydrogen-bond acceptors (Lipinski definition) is 5. The fraction of sp³-hybridized carbons (Fsp3) is 0.242. The van der Waals surface area contributed by atoms with E-state index in [2.05, 4.69) is 4.57 Å². The molecular formula is C33H31ClN2O5S. The zero-order valence-electron chi connectivity index (χ0n) is 23.2. The van der Waals surface area contributed by atoms with Crippen LogP contribution in [0.1, 0.15) is 43.7 Å². The maximum Gasteiger partial charge on any atom is 0.294 e. The summed E-state index contributed by atoms with van der Waals surface area (Å²) in [6.07, 6.45) is 5.57. The fourth-order valence-corrected chi connectivity index (χ4v) is 6.37. The van der Waals surface area contributed by atoms with Gasteiger partial charge in [-0.1, -0.05) is 49.1 Å². The smallest absolute Gasteiger partial charge is 0.294 e. The molecule has 42 heavy (non-hydrogen) atoms. The molecule has 1 fully saturated rings. The largest absolute Gasteiger partial charge is 0.497 e. The number of imidazole rings is 1. The van der Waals surface area contributed by atoms with Gasteiger partial charge in [-0.05, 0) is 90.7 Å². The Labute approximate surface area is 250 Å². The van der Waals surface area contributed by atoms with Crippen LogP contribution in [0.15, 0.2) is 89.8 Å². The van der Waals surface area contributed by atoms with E-state index < -0.39 is 10.1 Å². The van der Waals surface area contributed by atoms with Crippen LogP contribution >= 0.6 is 11.6 Å².